The van der Waals surface area contributed by atoms with E-state index < -0.39 is 67.4 Å². The van der Waals surface area contributed by atoms with Crippen LogP contribution in [0.1, 0.15) is 35.1 Å². The topological polar surface area (TPSA) is 247 Å². The van der Waals surface area contributed by atoms with E-state index in [-0.39, 0.29) is 18.3 Å². The Balaban J connectivity index is 1.21. The molecule has 2 aromatic rings. The fourth-order valence-electron chi connectivity index (χ4n) is 7.06. The molecule has 8 atom stereocenters. The highest BCUT2D eigenvalue weighted by atomic mass is 16.7. The van der Waals surface area contributed by atoms with E-state index in [2.05, 4.69) is 9.89 Å². The van der Waals surface area contributed by atoms with Crippen molar-refractivity contribution in [1.82, 2.24) is 4.90 Å². The van der Waals surface area contributed by atoms with Gasteiger partial charge in [-0.2, -0.15) is 0 Å². The van der Waals surface area contributed by atoms with E-state index in [1.165, 1.54) is 0 Å². The third-order valence-corrected chi connectivity index (χ3v) is 9.44. The van der Waals surface area contributed by atoms with Crippen molar-refractivity contribution in [2.75, 3.05) is 27.4 Å². The number of hydrogen-bond acceptors (Lipinski definition) is 16. The number of aliphatic carboxylic acids is 1. The summed E-state index contributed by atoms with van der Waals surface area (Å²) in [5, 5.41) is 41.5. The number of benzene rings is 2. The van der Waals surface area contributed by atoms with Crippen molar-refractivity contribution >= 4 is 18.2 Å². The van der Waals surface area contributed by atoms with Crippen LogP contribution in [0, 0.1) is 0 Å². The molecule has 8 N–H and O–H groups in total. The molecule has 5 aliphatic heterocycles. The molecule has 17 heteroatoms. The minimum atomic E-state index is -1.86. The number of carbonyl (C=O) groups excluding carboxylic acids is 1. The monoisotopic (exact) mass is 710 g/mol. The smallest absolute Gasteiger partial charge is 0.317 e. The van der Waals surface area contributed by atoms with E-state index in [0.717, 1.165) is 28.0 Å². The lowest BCUT2D eigenvalue weighted by molar-refractivity contribution is -0.291. The molecule has 0 spiro atoms. The molecule has 0 aromatic heterocycles. The first-order valence-corrected chi connectivity index (χ1v) is 16.2. The highest BCUT2D eigenvalue weighted by molar-refractivity contribution is 5.90. The molecule has 0 aliphatic carbocycles. The third-order valence-electron chi connectivity index (χ3n) is 9.44. The maximum Gasteiger partial charge on any atom is 0.317 e. The van der Waals surface area contributed by atoms with Crippen molar-refractivity contribution in [3.05, 3.63) is 64.5 Å². The Labute approximate surface area is 291 Å². The number of ether oxygens (including phenoxy) is 7. The van der Waals surface area contributed by atoms with Gasteiger partial charge < -0.3 is 70.0 Å². The maximum atomic E-state index is 12.2. The van der Waals surface area contributed by atoms with Gasteiger partial charge in [0.2, 0.25) is 12.0 Å². The molecule has 2 aromatic carbocycles. The Kier molecular flexibility index (Phi) is 9.25. The van der Waals surface area contributed by atoms with Crippen LogP contribution in [0.15, 0.2) is 52.8 Å². The molecule has 51 heavy (non-hydrogen) atoms. The normalized spacial score (nSPS) is 27.6. The van der Waals surface area contributed by atoms with Crippen LogP contribution in [0.25, 0.3) is 0 Å². The fourth-order valence-corrected chi connectivity index (χ4v) is 7.06. The molecular formula is C34H38N4O13. The summed E-state index contributed by atoms with van der Waals surface area (Å²) in [6, 6.07) is 7.09. The Hall–Kier alpha value is -4.91. The summed E-state index contributed by atoms with van der Waals surface area (Å²) in [7, 11) is 3.10. The third kappa shape index (κ3) is 6.32. The molecule has 1 fully saturated rings. The van der Waals surface area contributed by atoms with Gasteiger partial charge in [-0.1, -0.05) is 6.07 Å². The summed E-state index contributed by atoms with van der Waals surface area (Å²) in [6.07, 6.45) is -7.63. The molecule has 272 valence electrons. The minimum Gasteiger partial charge on any atom is -0.493 e. The van der Waals surface area contributed by atoms with E-state index >= 15 is 0 Å². The van der Waals surface area contributed by atoms with Crippen molar-refractivity contribution in [3.8, 4) is 28.7 Å². The number of nitrogens with zero attached hydrogens (tertiary/aromatic N) is 2. The lowest BCUT2D eigenvalue weighted by Crippen LogP contribution is -2.66. The van der Waals surface area contributed by atoms with Gasteiger partial charge in [0.15, 0.2) is 17.6 Å². The summed E-state index contributed by atoms with van der Waals surface area (Å²) in [6.45, 7) is 1.24. The predicted octanol–water partition coefficient (Wildman–Crippen LogP) is -0.202. The van der Waals surface area contributed by atoms with E-state index in [9.17, 15) is 24.9 Å². The van der Waals surface area contributed by atoms with E-state index in [4.69, 9.17) is 49.7 Å². The van der Waals surface area contributed by atoms with Crippen LogP contribution in [0.4, 0.5) is 0 Å². The average Bonchev–Trinajstić information content (AvgIpc) is 3.80. The molecular weight excluding hydrogens is 672 g/mol. The van der Waals surface area contributed by atoms with Gasteiger partial charge in [-0.05, 0) is 23.8 Å². The number of aliphatic imine (C=N–C) groups is 1. The summed E-state index contributed by atoms with van der Waals surface area (Å²) in [5.41, 5.74) is 16.0. The lowest BCUT2D eigenvalue weighted by atomic mass is 9.86. The molecule has 0 bridgehead atoms. The highest BCUT2D eigenvalue weighted by Gasteiger charge is 2.51. The van der Waals surface area contributed by atoms with Crippen LogP contribution in [-0.2, 0) is 25.6 Å². The largest absolute Gasteiger partial charge is 0.493 e. The van der Waals surface area contributed by atoms with E-state index in [1.807, 2.05) is 24.4 Å². The van der Waals surface area contributed by atoms with Crippen LogP contribution in [0.2, 0.25) is 0 Å². The second-order valence-electron chi connectivity index (χ2n) is 12.7. The molecule has 0 unspecified atom stereocenters. The number of fused-ring (bicyclic) bond motifs is 6. The standard InChI is InChI=1S/C34H38N4O13/c1-45-20-4-3-17-18-13-47-21-8-16(48-34-27(44)25(42)26(43)31(51-34)32(33(35)36)49-23(41)9-22(39)40)7-15(11-38-10-14-5-6-37-19(14)12-38)24(21)28(18)50-29(17)30(20)46-2/h3-8,12,18,25-28,31-34,42-44H,9-11,13,35-36H2,1-2H3,(H,39,40)/t18-,25-,26-,27+,28+,31-,32-,34+/m0/s1. The van der Waals surface area contributed by atoms with Gasteiger partial charge in [-0.3, -0.25) is 14.6 Å². The molecule has 0 amide bonds. The van der Waals surface area contributed by atoms with Gasteiger partial charge in [0.05, 0.1) is 38.6 Å². The quantitative estimate of drug-likeness (QED) is 0.100. The zero-order valence-electron chi connectivity index (χ0n) is 27.6. The van der Waals surface area contributed by atoms with Gasteiger partial charge in [0, 0.05) is 48.3 Å². The fraction of sp³-hybridized carbons (Fsp3) is 0.441. The number of rotatable bonds is 11. The van der Waals surface area contributed by atoms with Crippen molar-refractivity contribution < 1.29 is 63.2 Å². The number of esters is 1. The van der Waals surface area contributed by atoms with Crippen LogP contribution < -0.4 is 35.2 Å². The van der Waals surface area contributed by atoms with Gasteiger partial charge in [-0.15, -0.1) is 0 Å². The van der Waals surface area contributed by atoms with E-state index in [1.54, 1.807) is 32.6 Å². The van der Waals surface area contributed by atoms with Crippen LogP contribution in [-0.4, -0.2) is 114 Å². The lowest BCUT2D eigenvalue weighted by Gasteiger charge is -2.43. The number of aliphatic hydroxyl groups is 3. The number of methoxy groups -OCH3 is 2. The summed E-state index contributed by atoms with van der Waals surface area (Å²) in [5.74, 6) is -0.682. The molecule has 1 saturated heterocycles. The van der Waals surface area contributed by atoms with Crippen LogP contribution in [0.3, 0.4) is 0 Å². The maximum absolute atomic E-state index is 12.2. The first-order chi connectivity index (χ1) is 24.5. The Bertz CT molecular complexity index is 1810. The van der Waals surface area contributed by atoms with Crippen molar-refractivity contribution in [3.63, 3.8) is 0 Å². The summed E-state index contributed by atoms with van der Waals surface area (Å²) in [4.78, 5) is 29.7. The van der Waals surface area contributed by atoms with Crippen molar-refractivity contribution in [2.24, 2.45) is 16.5 Å². The molecule has 7 rings (SSSR count). The predicted molar refractivity (Wildman–Crippen MR) is 174 cm³/mol. The molecule has 5 aliphatic rings. The summed E-state index contributed by atoms with van der Waals surface area (Å²) < 4.78 is 41.2. The molecule has 5 heterocycles. The van der Waals surface area contributed by atoms with Crippen molar-refractivity contribution in [2.45, 2.75) is 68.0 Å². The molecule has 0 radical (unpaired) electrons. The number of aliphatic hydroxyl groups excluding tert-OH is 3. The van der Waals surface area contributed by atoms with Gasteiger partial charge >= 0.3 is 11.9 Å². The number of hydrogen-bond donors (Lipinski definition) is 6. The first kappa shape index (κ1) is 34.5. The average molecular weight is 711 g/mol. The number of nitrogens with two attached hydrogens (primary N) is 2. The van der Waals surface area contributed by atoms with Gasteiger partial charge in [0.25, 0.3) is 0 Å². The Morgan fingerprint density at radius 2 is 1.90 bits per heavy atom. The zero-order valence-corrected chi connectivity index (χ0v) is 27.6. The van der Waals surface area contributed by atoms with Gasteiger partial charge in [0.1, 0.15) is 48.4 Å². The number of carboxylic acids is 1. The van der Waals surface area contributed by atoms with Crippen LogP contribution >= 0.6 is 0 Å². The first-order valence-electron chi connectivity index (χ1n) is 16.2. The second-order valence-corrected chi connectivity index (χ2v) is 12.7. The SMILES string of the molecule is COc1ccc2c(c1OC)O[C@H]1c3c(CN4C=C5N=CC=C5C4)cc(O[C@@H]4O[C@H]([C@H](OC(=O)CC(=O)O)C(N)N)[C@@H](O)[C@H](O)[C@H]4O)cc3OC[C@@H]21. The summed E-state index contributed by atoms with van der Waals surface area (Å²) >= 11 is 0. The van der Waals surface area contributed by atoms with Crippen molar-refractivity contribution in [1.29, 1.82) is 0 Å². The Morgan fingerprint density at radius 3 is 2.61 bits per heavy atom. The number of carbonyl (C=O) groups is 2. The second kappa shape index (κ2) is 13.7. The Morgan fingerprint density at radius 1 is 1.10 bits per heavy atom. The number of allylic oxidation sites excluding steroid dienone is 1. The zero-order chi connectivity index (χ0) is 36.1. The minimum absolute atomic E-state index is 0.170. The van der Waals surface area contributed by atoms with Gasteiger partial charge in [-0.25, -0.2) is 0 Å². The number of carboxylic acid groups (broad SMARTS) is 1. The van der Waals surface area contributed by atoms with Crippen LogP contribution in [0.5, 0.6) is 28.7 Å². The van der Waals surface area contributed by atoms with E-state index in [0.29, 0.717) is 36.1 Å². The molecule has 17 nitrogen and oxygen atoms in total. The molecule has 0 saturated carbocycles. The highest BCUT2D eigenvalue weighted by Crippen LogP contribution is 2.57.